The number of carbonyl (C=O) groups is 1. The predicted octanol–water partition coefficient (Wildman–Crippen LogP) is 1.54. The monoisotopic (exact) mass is 239 g/mol. The summed E-state index contributed by atoms with van der Waals surface area (Å²) in [5.41, 5.74) is 1.35. The van der Waals surface area contributed by atoms with Crippen LogP contribution in [-0.4, -0.2) is 20.8 Å². The van der Waals surface area contributed by atoms with Gasteiger partial charge in [0.2, 0.25) is 0 Å². The van der Waals surface area contributed by atoms with Crippen LogP contribution in [0.4, 0.5) is 0 Å². The van der Waals surface area contributed by atoms with Crippen molar-refractivity contribution < 1.29 is 4.79 Å². The van der Waals surface area contributed by atoms with E-state index in [0.29, 0.717) is 5.56 Å². The first kappa shape index (κ1) is 8.37. The molecule has 0 amide bonds. The first-order chi connectivity index (χ1) is 6.25. The molecule has 0 bridgehead atoms. The minimum Gasteiger partial charge on any atom is -0.322 e. The number of hydrogen-bond acceptors (Lipinski definition) is 3. The fourth-order valence-corrected chi connectivity index (χ4v) is 1.75. The van der Waals surface area contributed by atoms with Crippen LogP contribution < -0.4 is 0 Å². The van der Waals surface area contributed by atoms with Gasteiger partial charge in [-0.05, 0) is 15.9 Å². The molecule has 0 aliphatic rings. The average molecular weight is 240 g/mol. The molecule has 0 fully saturated rings. The van der Waals surface area contributed by atoms with Crippen molar-refractivity contribution in [2.75, 3.05) is 0 Å². The minimum atomic E-state index is 0.595. The van der Waals surface area contributed by atoms with Crippen molar-refractivity contribution in [3.05, 3.63) is 22.7 Å². The lowest BCUT2D eigenvalue weighted by atomic mass is 10.3. The molecule has 0 N–H and O–H groups in total. The molecule has 2 aromatic heterocycles. The fraction of sp³-hybridized carbons (Fsp3) is 0.125. The van der Waals surface area contributed by atoms with Crippen LogP contribution in [0.15, 0.2) is 17.1 Å². The van der Waals surface area contributed by atoms with Crippen LogP contribution >= 0.6 is 15.9 Å². The van der Waals surface area contributed by atoms with Gasteiger partial charge in [-0.2, -0.15) is 0 Å². The summed E-state index contributed by atoms with van der Waals surface area (Å²) >= 11 is 3.32. The van der Waals surface area contributed by atoms with E-state index in [1.54, 1.807) is 10.8 Å². The number of carbonyl (C=O) groups excluding carboxylic acids is 1. The van der Waals surface area contributed by atoms with Crippen molar-refractivity contribution >= 4 is 33.2 Å². The van der Waals surface area contributed by atoms with Gasteiger partial charge < -0.3 is 4.57 Å². The highest BCUT2D eigenvalue weighted by molar-refractivity contribution is 9.10. The van der Waals surface area contributed by atoms with Gasteiger partial charge in [0.1, 0.15) is 12.0 Å². The number of nitrogens with zero attached hydrogens (tertiary/aromatic N) is 3. The Kier molecular flexibility index (Phi) is 1.88. The number of halogens is 1. The lowest BCUT2D eigenvalue weighted by Gasteiger charge is -1.93. The van der Waals surface area contributed by atoms with Gasteiger partial charge in [-0.25, -0.2) is 9.97 Å². The Morgan fingerprint density at radius 3 is 3.08 bits per heavy atom. The molecule has 13 heavy (non-hydrogen) atoms. The molecule has 4 nitrogen and oxygen atoms in total. The molecular formula is C8H6BrN3O. The zero-order chi connectivity index (χ0) is 9.42. The summed E-state index contributed by atoms with van der Waals surface area (Å²) in [6.07, 6.45) is 3.90. The van der Waals surface area contributed by atoms with Crippen LogP contribution in [-0.2, 0) is 7.05 Å². The van der Waals surface area contributed by atoms with Crippen LogP contribution in [0.1, 0.15) is 10.4 Å². The molecule has 2 rings (SSSR count). The normalized spacial score (nSPS) is 10.6. The van der Waals surface area contributed by atoms with Crippen molar-refractivity contribution in [1.29, 1.82) is 0 Å². The maximum Gasteiger partial charge on any atom is 0.153 e. The SMILES string of the molecule is Cn1c(Br)c(C=O)c2cncnc21. The Bertz CT molecular complexity index is 477. The largest absolute Gasteiger partial charge is 0.322 e. The van der Waals surface area contributed by atoms with E-state index in [9.17, 15) is 4.79 Å². The fourth-order valence-electron chi connectivity index (χ4n) is 1.28. The van der Waals surface area contributed by atoms with E-state index < -0.39 is 0 Å². The molecule has 0 aliphatic carbocycles. The first-order valence-corrected chi connectivity index (χ1v) is 4.44. The van der Waals surface area contributed by atoms with Crippen molar-refractivity contribution in [2.45, 2.75) is 0 Å². The van der Waals surface area contributed by atoms with Crippen molar-refractivity contribution in [2.24, 2.45) is 7.05 Å². The van der Waals surface area contributed by atoms with Crippen LogP contribution in [0, 0.1) is 0 Å². The highest BCUT2D eigenvalue weighted by Crippen LogP contribution is 2.25. The van der Waals surface area contributed by atoms with E-state index >= 15 is 0 Å². The third-order valence-corrected chi connectivity index (χ3v) is 2.89. The summed E-state index contributed by atoms with van der Waals surface area (Å²) in [5, 5.41) is 0.770. The molecule has 0 aromatic carbocycles. The Balaban J connectivity index is 2.98. The highest BCUT2D eigenvalue weighted by Gasteiger charge is 2.12. The molecule has 0 spiro atoms. The van der Waals surface area contributed by atoms with E-state index in [0.717, 1.165) is 21.9 Å². The van der Waals surface area contributed by atoms with E-state index in [1.807, 2.05) is 7.05 Å². The van der Waals surface area contributed by atoms with Gasteiger partial charge in [-0.1, -0.05) is 0 Å². The van der Waals surface area contributed by atoms with Crippen LogP contribution in [0.2, 0.25) is 0 Å². The molecule has 0 saturated carbocycles. The lowest BCUT2D eigenvalue weighted by molar-refractivity contribution is 0.112. The van der Waals surface area contributed by atoms with Gasteiger partial charge in [-0.3, -0.25) is 4.79 Å². The summed E-state index contributed by atoms with van der Waals surface area (Å²) in [7, 11) is 1.84. The summed E-state index contributed by atoms with van der Waals surface area (Å²) in [5.74, 6) is 0. The number of fused-ring (bicyclic) bond motifs is 1. The molecule has 5 heteroatoms. The van der Waals surface area contributed by atoms with E-state index in [2.05, 4.69) is 25.9 Å². The molecule has 0 atom stereocenters. The Morgan fingerprint density at radius 2 is 2.38 bits per heavy atom. The van der Waals surface area contributed by atoms with Crippen LogP contribution in [0.3, 0.4) is 0 Å². The Labute approximate surface area is 82.7 Å². The predicted molar refractivity (Wildman–Crippen MR) is 51.6 cm³/mol. The number of aromatic nitrogens is 3. The Hall–Kier alpha value is -1.23. The minimum absolute atomic E-state index is 0.595. The van der Waals surface area contributed by atoms with E-state index in [4.69, 9.17) is 0 Å². The van der Waals surface area contributed by atoms with Gasteiger partial charge in [0, 0.05) is 18.6 Å². The number of hydrogen-bond donors (Lipinski definition) is 0. The standard InChI is InChI=1S/C8H6BrN3O/c1-12-7(9)6(3-13)5-2-10-4-11-8(5)12/h2-4H,1H3. The quantitative estimate of drug-likeness (QED) is 0.710. The van der Waals surface area contributed by atoms with Crippen molar-refractivity contribution in [1.82, 2.24) is 14.5 Å². The molecule has 0 unspecified atom stereocenters. The van der Waals surface area contributed by atoms with Crippen molar-refractivity contribution in [3.8, 4) is 0 Å². The third-order valence-electron chi connectivity index (χ3n) is 1.93. The van der Waals surface area contributed by atoms with Gasteiger partial charge in [0.05, 0.1) is 10.2 Å². The molecule has 66 valence electrons. The summed E-state index contributed by atoms with van der Waals surface area (Å²) in [6, 6.07) is 0. The third kappa shape index (κ3) is 1.07. The number of aryl methyl sites for hydroxylation is 1. The van der Waals surface area contributed by atoms with E-state index in [1.165, 1.54) is 6.33 Å². The lowest BCUT2D eigenvalue weighted by Crippen LogP contribution is -1.89. The van der Waals surface area contributed by atoms with Gasteiger partial charge in [0.25, 0.3) is 0 Å². The molecule has 0 radical (unpaired) electrons. The topological polar surface area (TPSA) is 47.8 Å². The number of rotatable bonds is 1. The smallest absolute Gasteiger partial charge is 0.153 e. The van der Waals surface area contributed by atoms with Gasteiger partial charge in [0.15, 0.2) is 6.29 Å². The molecule has 2 aromatic rings. The van der Waals surface area contributed by atoms with Crippen LogP contribution in [0.25, 0.3) is 11.0 Å². The molecule has 0 saturated heterocycles. The van der Waals surface area contributed by atoms with Gasteiger partial charge >= 0.3 is 0 Å². The van der Waals surface area contributed by atoms with Crippen LogP contribution in [0.5, 0.6) is 0 Å². The summed E-state index contributed by atoms with van der Waals surface area (Å²) < 4.78 is 2.54. The summed E-state index contributed by atoms with van der Waals surface area (Å²) in [4.78, 5) is 18.7. The van der Waals surface area contributed by atoms with E-state index in [-0.39, 0.29) is 0 Å². The average Bonchev–Trinajstić information content (AvgIpc) is 2.41. The second-order valence-corrected chi connectivity index (χ2v) is 3.39. The van der Waals surface area contributed by atoms with Gasteiger partial charge in [-0.15, -0.1) is 0 Å². The molecule has 0 aliphatic heterocycles. The zero-order valence-corrected chi connectivity index (χ0v) is 8.45. The maximum atomic E-state index is 10.8. The molecule has 2 heterocycles. The summed E-state index contributed by atoms with van der Waals surface area (Å²) in [6.45, 7) is 0. The number of aldehydes is 1. The van der Waals surface area contributed by atoms with Crippen molar-refractivity contribution in [3.63, 3.8) is 0 Å². The second-order valence-electron chi connectivity index (χ2n) is 2.64. The molecular weight excluding hydrogens is 234 g/mol. The first-order valence-electron chi connectivity index (χ1n) is 3.64. The Morgan fingerprint density at radius 1 is 1.62 bits per heavy atom. The zero-order valence-electron chi connectivity index (χ0n) is 6.86. The maximum absolute atomic E-state index is 10.8. The highest BCUT2D eigenvalue weighted by atomic mass is 79.9. The second kappa shape index (κ2) is 2.92.